The normalized spacial score (nSPS) is 14.9. The number of piperidine rings is 1. The molecule has 1 saturated heterocycles. The molecule has 0 radical (unpaired) electrons. The Morgan fingerprint density at radius 3 is 2.46 bits per heavy atom. The lowest BCUT2D eigenvalue weighted by Crippen LogP contribution is -2.42. The molecule has 26 heavy (non-hydrogen) atoms. The monoisotopic (exact) mass is 361 g/mol. The maximum atomic E-state index is 12.6. The van der Waals surface area contributed by atoms with Crippen molar-refractivity contribution in [2.45, 2.75) is 25.5 Å². The van der Waals surface area contributed by atoms with Gasteiger partial charge in [-0.2, -0.15) is 8.78 Å². The summed E-state index contributed by atoms with van der Waals surface area (Å²) in [4.78, 5) is 12.6. The van der Waals surface area contributed by atoms with Crippen molar-refractivity contribution in [3.63, 3.8) is 0 Å². The van der Waals surface area contributed by atoms with E-state index in [1.54, 1.807) is 24.3 Å². The lowest BCUT2D eigenvalue weighted by Gasteiger charge is -2.24. The predicted octanol–water partition coefficient (Wildman–Crippen LogP) is 3.51. The second-order valence-corrected chi connectivity index (χ2v) is 6.07. The first kappa shape index (κ1) is 18.1. The Hall–Kier alpha value is -2.67. The number of para-hydroxylation sites is 1. The Morgan fingerprint density at radius 1 is 1.08 bits per heavy atom. The fourth-order valence-corrected chi connectivity index (χ4v) is 2.89. The lowest BCUT2D eigenvalue weighted by atomic mass is 10.1. The van der Waals surface area contributed by atoms with Gasteiger partial charge in [-0.1, -0.05) is 12.1 Å². The molecule has 3 rings (SSSR count). The average Bonchev–Trinajstić information content (AvgIpc) is 2.64. The molecule has 0 unspecified atom stereocenters. The third-order valence-electron chi connectivity index (χ3n) is 4.20. The van der Waals surface area contributed by atoms with Gasteiger partial charge in [0.2, 0.25) is 0 Å². The molecule has 0 spiro atoms. The molecule has 0 saturated carbocycles. The summed E-state index contributed by atoms with van der Waals surface area (Å²) in [5.41, 5.74) is 1.87. The number of anilines is 2. The van der Waals surface area contributed by atoms with Gasteiger partial charge in [-0.25, -0.2) is 0 Å². The number of halogens is 2. The Labute approximate surface area is 150 Å². The van der Waals surface area contributed by atoms with E-state index in [4.69, 9.17) is 0 Å². The summed E-state index contributed by atoms with van der Waals surface area (Å²) in [6.07, 6.45) is 1.82. The number of hydrogen-bond donors (Lipinski definition) is 3. The standard InChI is InChI=1S/C19H21F2N3O2/c20-19(21)26-15-7-5-13(6-8-15)23-17-4-2-1-3-16(17)18(25)24-14-9-11-22-12-10-14/h1-8,14,19,22-23H,9-12H2,(H,24,25). The van der Waals surface area contributed by atoms with Crippen molar-refractivity contribution in [2.24, 2.45) is 0 Å². The molecular formula is C19H21F2N3O2. The molecule has 1 heterocycles. The van der Waals surface area contributed by atoms with Crippen LogP contribution in [0.3, 0.4) is 0 Å². The summed E-state index contributed by atoms with van der Waals surface area (Å²) in [6.45, 7) is -1.05. The van der Waals surface area contributed by atoms with Gasteiger partial charge in [-0.05, 0) is 62.3 Å². The van der Waals surface area contributed by atoms with Gasteiger partial charge in [0.25, 0.3) is 5.91 Å². The summed E-state index contributed by atoms with van der Waals surface area (Å²) in [6, 6.07) is 13.5. The molecule has 1 aliphatic heterocycles. The van der Waals surface area contributed by atoms with Crippen LogP contribution < -0.4 is 20.7 Å². The van der Waals surface area contributed by atoms with E-state index in [9.17, 15) is 13.6 Å². The van der Waals surface area contributed by atoms with Gasteiger partial charge in [0.15, 0.2) is 0 Å². The van der Waals surface area contributed by atoms with Gasteiger partial charge >= 0.3 is 6.61 Å². The highest BCUT2D eigenvalue weighted by molar-refractivity contribution is 6.00. The first-order valence-electron chi connectivity index (χ1n) is 8.54. The van der Waals surface area contributed by atoms with E-state index in [1.807, 2.05) is 12.1 Å². The SMILES string of the molecule is O=C(NC1CCNCC1)c1ccccc1Nc1ccc(OC(F)F)cc1. The third kappa shape index (κ3) is 4.92. The average molecular weight is 361 g/mol. The maximum Gasteiger partial charge on any atom is 0.387 e. The number of ether oxygens (including phenoxy) is 1. The van der Waals surface area contributed by atoms with Crippen LogP contribution in [0.15, 0.2) is 48.5 Å². The molecule has 1 fully saturated rings. The number of alkyl halides is 2. The molecule has 5 nitrogen and oxygen atoms in total. The molecular weight excluding hydrogens is 340 g/mol. The molecule has 0 atom stereocenters. The number of hydrogen-bond acceptors (Lipinski definition) is 4. The van der Waals surface area contributed by atoms with Gasteiger partial charge in [0.05, 0.1) is 11.3 Å². The van der Waals surface area contributed by atoms with Crippen LogP contribution >= 0.6 is 0 Å². The fraction of sp³-hybridized carbons (Fsp3) is 0.316. The minimum atomic E-state index is -2.85. The van der Waals surface area contributed by atoms with Crippen molar-refractivity contribution in [1.82, 2.24) is 10.6 Å². The summed E-state index contributed by atoms with van der Waals surface area (Å²) >= 11 is 0. The smallest absolute Gasteiger partial charge is 0.387 e. The van der Waals surface area contributed by atoms with Crippen LogP contribution in [0.5, 0.6) is 5.75 Å². The molecule has 1 amide bonds. The van der Waals surface area contributed by atoms with Gasteiger partial charge in [-0.3, -0.25) is 4.79 Å². The van der Waals surface area contributed by atoms with Crippen LogP contribution in [0.2, 0.25) is 0 Å². The van der Waals surface area contributed by atoms with Crippen LogP contribution in [0, 0.1) is 0 Å². The lowest BCUT2D eigenvalue weighted by molar-refractivity contribution is -0.0498. The molecule has 2 aromatic carbocycles. The van der Waals surface area contributed by atoms with E-state index in [2.05, 4.69) is 20.7 Å². The van der Waals surface area contributed by atoms with Crippen molar-refractivity contribution in [1.29, 1.82) is 0 Å². The Bertz CT molecular complexity index is 732. The topological polar surface area (TPSA) is 62.4 Å². The van der Waals surface area contributed by atoms with Gasteiger partial charge in [0, 0.05) is 11.7 Å². The van der Waals surface area contributed by atoms with Crippen molar-refractivity contribution < 1.29 is 18.3 Å². The summed E-state index contributed by atoms with van der Waals surface area (Å²) in [5, 5.41) is 9.49. The molecule has 0 aromatic heterocycles. The fourth-order valence-electron chi connectivity index (χ4n) is 2.89. The van der Waals surface area contributed by atoms with Crippen molar-refractivity contribution >= 4 is 17.3 Å². The Balaban J connectivity index is 1.69. The van der Waals surface area contributed by atoms with E-state index in [1.165, 1.54) is 12.1 Å². The van der Waals surface area contributed by atoms with Gasteiger partial charge < -0.3 is 20.7 Å². The molecule has 138 valence electrons. The number of amides is 1. The number of carbonyl (C=O) groups excluding carboxylic acids is 1. The molecule has 2 aromatic rings. The number of nitrogens with one attached hydrogen (secondary N) is 3. The van der Waals surface area contributed by atoms with Crippen molar-refractivity contribution in [2.75, 3.05) is 18.4 Å². The molecule has 0 bridgehead atoms. The largest absolute Gasteiger partial charge is 0.435 e. The van der Waals surface area contributed by atoms with Crippen LogP contribution in [-0.2, 0) is 0 Å². The summed E-state index contributed by atoms with van der Waals surface area (Å²) < 4.78 is 28.8. The summed E-state index contributed by atoms with van der Waals surface area (Å²) in [7, 11) is 0. The zero-order valence-electron chi connectivity index (χ0n) is 14.2. The zero-order valence-corrected chi connectivity index (χ0v) is 14.2. The van der Waals surface area contributed by atoms with Crippen LogP contribution in [0.25, 0.3) is 0 Å². The van der Waals surface area contributed by atoms with E-state index in [0.717, 1.165) is 25.9 Å². The maximum absolute atomic E-state index is 12.6. The minimum Gasteiger partial charge on any atom is -0.435 e. The predicted molar refractivity (Wildman–Crippen MR) is 96.2 cm³/mol. The number of carbonyl (C=O) groups is 1. The quantitative estimate of drug-likeness (QED) is 0.737. The molecule has 7 heteroatoms. The zero-order chi connectivity index (χ0) is 18.4. The van der Waals surface area contributed by atoms with Gasteiger partial charge in [-0.15, -0.1) is 0 Å². The van der Waals surface area contributed by atoms with E-state index in [0.29, 0.717) is 16.9 Å². The molecule has 1 aliphatic rings. The highest BCUT2D eigenvalue weighted by atomic mass is 19.3. The Morgan fingerprint density at radius 2 is 1.77 bits per heavy atom. The third-order valence-corrected chi connectivity index (χ3v) is 4.20. The summed E-state index contributed by atoms with van der Waals surface area (Å²) in [5.74, 6) is -0.0415. The first-order chi connectivity index (χ1) is 12.6. The first-order valence-corrected chi connectivity index (χ1v) is 8.54. The molecule has 3 N–H and O–H groups in total. The second-order valence-electron chi connectivity index (χ2n) is 6.07. The van der Waals surface area contributed by atoms with E-state index >= 15 is 0 Å². The number of rotatable bonds is 6. The molecule has 0 aliphatic carbocycles. The second kappa shape index (κ2) is 8.62. The van der Waals surface area contributed by atoms with E-state index < -0.39 is 6.61 Å². The Kier molecular flexibility index (Phi) is 6.01. The van der Waals surface area contributed by atoms with Crippen LogP contribution in [-0.4, -0.2) is 31.7 Å². The van der Waals surface area contributed by atoms with Gasteiger partial charge in [0.1, 0.15) is 5.75 Å². The minimum absolute atomic E-state index is 0.0856. The highest BCUT2D eigenvalue weighted by Crippen LogP contribution is 2.24. The highest BCUT2D eigenvalue weighted by Gasteiger charge is 2.18. The van der Waals surface area contributed by atoms with E-state index in [-0.39, 0.29) is 17.7 Å². The van der Waals surface area contributed by atoms with Crippen molar-refractivity contribution in [3.8, 4) is 5.75 Å². The van der Waals surface area contributed by atoms with Crippen LogP contribution in [0.1, 0.15) is 23.2 Å². The van der Waals surface area contributed by atoms with Crippen molar-refractivity contribution in [3.05, 3.63) is 54.1 Å². The number of benzene rings is 2. The van der Waals surface area contributed by atoms with Crippen LogP contribution in [0.4, 0.5) is 20.2 Å².